The lowest BCUT2D eigenvalue weighted by atomic mass is 9.79. The monoisotopic (exact) mass is 416 g/mol. The Morgan fingerprint density at radius 1 is 0.935 bits per heavy atom. The molecule has 0 amide bonds. The van der Waals surface area contributed by atoms with Crippen molar-refractivity contribution in [3.05, 3.63) is 71.9 Å². The fraction of sp³-hybridized carbons (Fsp3) is 0.481. The van der Waals surface area contributed by atoms with Gasteiger partial charge >= 0.3 is 0 Å². The van der Waals surface area contributed by atoms with Gasteiger partial charge in [0.05, 0.1) is 0 Å². The first kappa shape index (κ1) is 20.7. The molecule has 2 fully saturated rings. The molecule has 0 spiro atoms. The number of aromatic amines is 1. The molecule has 2 aromatic carbocycles. The second-order valence-electron chi connectivity index (χ2n) is 9.57. The zero-order valence-electron chi connectivity index (χ0n) is 18.9. The summed E-state index contributed by atoms with van der Waals surface area (Å²) in [7, 11) is 2.25. The minimum absolute atomic E-state index is 0.256. The average Bonchev–Trinajstić information content (AvgIpc) is 3.51. The summed E-state index contributed by atoms with van der Waals surface area (Å²) in [5, 5.41) is 1.31. The van der Waals surface area contributed by atoms with Gasteiger partial charge in [0, 0.05) is 50.0 Å². The molecule has 4 heteroatoms. The normalized spacial score (nSPS) is 20.1. The van der Waals surface area contributed by atoms with E-state index in [4.69, 9.17) is 0 Å². The fourth-order valence-corrected chi connectivity index (χ4v) is 5.73. The number of rotatable bonds is 7. The molecule has 0 aliphatic carbocycles. The minimum atomic E-state index is 0.256. The first-order valence-corrected chi connectivity index (χ1v) is 12.0. The number of nitrogens with one attached hydrogen (secondary N) is 1. The third kappa shape index (κ3) is 4.43. The number of nitrogens with zero attached hydrogens (tertiary/aromatic N) is 3. The van der Waals surface area contributed by atoms with E-state index in [1.54, 1.807) is 0 Å². The van der Waals surface area contributed by atoms with E-state index in [9.17, 15) is 0 Å². The van der Waals surface area contributed by atoms with Crippen LogP contribution in [-0.4, -0.2) is 66.0 Å². The van der Waals surface area contributed by atoms with Crippen LogP contribution in [0.2, 0.25) is 0 Å². The Morgan fingerprint density at radius 3 is 2.48 bits per heavy atom. The van der Waals surface area contributed by atoms with Crippen LogP contribution in [0.4, 0.5) is 0 Å². The van der Waals surface area contributed by atoms with E-state index >= 15 is 0 Å². The maximum Gasteiger partial charge on any atom is 0.0484 e. The molecular formula is C27H36N4. The largest absolute Gasteiger partial charge is 0.361 e. The van der Waals surface area contributed by atoms with Crippen molar-refractivity contribution in [2.45, 2.75) is 37.8 Å². The molecule has 3 aromatic rings. The Balaban J connectivity index is 1.17. The number of H-pyrrole nitrogens is 1. The van der Waals surface area contributed by atoms with Crippen molar-refractivity contribution < 1.29 is 0 Å². The highest BCUT2D eigenvalue weighted by atomic mass is 15.3. The molecule has 0 atom stereocenters. The van der Waals surface area contributed by atoms with Gasteiger partial charge in [0.1, 0.15) is 0 Å². The van der Waals surface area contributed by atoms with Crippen LogP contribution in [0, 0.1) is 0 Å². The first-order valence-electron chi connectivity index (χ1n) is 12.0. The number of fused-ring (bicyclic) bond motifs is 1. The highest BCUT2D eigenvalue weighted by molar-refractivity contribution is 5.79. The van der Waals surface area contributed by atoms with Crippen molar-refractivity contribution in [2.24, 2.45) is 0 Å². The molecule has 164 valence electrons. The highest BCUT2D eigenvalue weighted by Gasteiger charge is 2.41. The maximum absolute atomic E-state index is 3.28. The van der Waals surface area contributed by atoms with Gasteiger partial charge < -0.3 is 14.8 Å². The standard InChI is InChI=1S/C27H36N4/c1-29(22-23-9-10-26-24(21-23)11-14-28-26)19-20-30-17-12-27(13-18-30,31-15-5-6-16-31)25-7-3-2-4-8-25/h2-4,7-11,14,21,28H,5-6,12-13,15-20,22H2,1H3. The lowest BCUT2D eigenvalue weighted by Crippen LogP contribution is -2.53. The summed E-state index contributed by atoms with van der Waals surface area (Å²) >= 11 is 0. The van der Waals surface area contributed by atoms with Crippen molar-refractivity contribution in [1.29, 1.82) is 0 Å². The van der Waals surface area contributed by atoms with E-state index in [-0.39, 0.29) is 5.54 Å². The van der Waals surface area contributed by atoms with Gasteiger partial charge in [0.2, 0.25) is 0 Å². The second kappa shape index (κ2) is 9.15. The van der Waals surface area contributed by atoms with Crippen molar-refractivity contribution in [2.75, 3.05) is 46.3 Å². The van der Waals surface area contributed by atoms with Crippen molar-refractivity contribution in [1.82, 2.24) is 19.7 Å². The lowest BCUT2D eigenvalue weighted by Gasteiger charge is -2.48. The van der Waals surface area contributed by atoms with Gasteiger partial charge in [-0.3, -0.25) is 4.90 Å². The van der Waals surface area contributed by atoms with E-state index in [1.807, 2.05) is 6.20 Å². The van der Waals surface area contributed by atoms with Gasteiger partial charge in [0.15, 0.2) is 0 Å². The van der Waals surface area contributed by atoms with Crippen molar-refractivity contribution >= 4 is 10.9 Å². The summed E-state index contributed by atoms with van der Waals surface area (Å²) in [6.07, 6.45) is 7.25. The van der Waals surface area contributed by atoms with E-state index < -0.39 is 0 Å². The van der Waals surface area contributed by atoms with Gasteiger partial charge in [-0.15, -0.1) is 0 Å². The summed E-state index contributed by atoms with van der Waals surface area (Å²) in [5.74, 6) is 0. The Bertz CT molecular complexity index is 965. The topological polar surface area (TPSA) is 25.5 Å². The number of likely N-dealkylation sites (N-methyl/N-ethyl adjacent to an activating group) is 1. The summed E-state index contributed by atoms with van der Waals surface area (Å²) in [6.45, 7) is 8.23. The summed E-state index contributed by atoms with van der Waals surface area (Å²) < 4.78 is 0. The highest BCUT2D eigenvalue weighted by Crippen LogP contribution is 2.40. The summed E-state index contributed by atoms with van der Waals surface area (Å²) in [5.41, 5.74) is 4.41. The second-order valence-corrected chi connectivity index (χ2v) is 9.57. The zero-order valence-corrected chi connectivity index (χ0v) is 18.9. The molecule has 0 radical (unpaired) electrons. The minimum Gasteiger partial charge on any atom is -0.361 e. The third-order valence-electron chi connectivity index (χ3n) is 7.57. The zero-order chi connectivity index (χ0) is 21.1. The smallest absolute Gasteiger partial charge is 0.0484 e. The molecule has 0 bridgehead atoms. The van der Waals surface area contributed by atoms with Crippen LogP contribution in [0.5, 0.6) is 0 Å². The Kier molecular flexibility index (Phi) is 6.13. The van der Waals surface area contributed by atoms with Crippen LogP contribution in [0.25, 0.3) is 10.9 Å². The van der Waals surface area contributed by atoms with E-state index in [0.717, 1.165) is 19.6 Å². The molecule has 31 heavy (non-hydrogen) atoms. The number of benzene rings is 2. The van der Waals surface area contributed by atoms with Gasteiger partial charge in [-0.1, -0.05) is 36.4 Å². The van der Waals surface area contributed by atoms with Crippen LogP contribution in [0.1, 0.15) is 36.8 Å². The van der Waals surface area contributed by atoms with Crippen LogP contribution >= 0.6 is 0 Å². The Labute approximate surface area is 186 Å². The summed E-state index contributed by atoms with van der Waals surface area (Å²) in [4.78, 5) is 11.2. The molecule has 0 saturated carbocycles. The molecule has 1 N–H and O–H groups in total. The number of hydrogen-bond acceptors (Lipinski definition) is 3. The molecule has 2 aliphatic heterocycles. The van der Waals surface area contributed by atoms with Gasteiger partial charge in [-0.2, -0.15) is 0 Å². The van der Waals surface area contributed by atoms with Gasteiger partial charge in [-0.25, -0.2) is 0 Å². The fourth-order valence-electron chi connectivity index (χ4n) is 5.73. The van der Waals surface area contributed by atoms with E-state index in [2.05, 4.69) is 81.3 Å². The number of hydrogen-bond donors (Lipinski definition) is 1. The molecule has 1 aromatic heterocycles. The van der Waals surface area contributed by atoms with Crippen LogP contribution in [0.15, 0.2) is 60.8 Å². The van der Waals surface area contributed by atoms with E-state index in [1.165, 1.54) is 73.9 Å². The number of piperidine rings is 1. The van der Waals surface area contributed by atoms with Crippen LogP contribution < -0.4 is 0 Å². The Hall–Kier alpha value is -2.14. The predicted molar refractivity (Wildman–Crippen MR) is 129 cm³/mol. The number of likely N-dealkylation sites (tertiary alicyclic amines) is 2. The number of aromatic nitrogens is 1. The SMILES string of the molecule is CN(CCN1CCC(c2ccccc2)(N2CCCC2)CC1)Cc1ccc2[nH]ccc2c1. The molecule has 4 nitrogen and oxygen atoms in total. The molecular weight excluding hydrogens is 380 g/mol. The van der Waals surface area contributed by atoms with E-state index in [0.29, 0.717) is 0 Å². The van der Waals surface area contributed by atoms with Gasteiger partial charge in [0.25, 0.3) is 0 Å². The Morgan fingerprint density at radius 2 is 1.71 bits per heavy atom. The predicted octanol–water partition coefficient (Wildman–Crippen LogP) is 4.69. The first-order chi connectivity index (χ1) is 15.2. The molecule has 2 aliphatic rings. The average molecular weight is 417 g/mol. The lowest BCUT2D eigenvalue weighted by molar-refractivity contribution is 0.0316. The third-order valence-corrected chi connectivity index (χ3v) is 7.57. The van der Waals surface area contributed by atoms with Gasteiger partial charge in [-0.05, 0) is 80.5 Å². The molecule has 3 heterocycles. The maximum atomic E-state index is 3.28. The quantitative estimate of drug-likeness (QED) is 0.605. The van der Waals surface area contributed by atoms with Crippen molar-refractivity contribution in [3.63, 3.8) is 0 Å². The van der Waals surface area contributed by atoms with Crippen LogP contribution in [0.3, 0.4) is 0 Å². The van der Waals surface area contributed by atoms with Crippen LogP contribution in [-0.2, 0) is 12.1 Å². The molecule has 5 rings (SSSR count). The molecule has 0 unspecified atom stereocenters. The van der Waals surface area contributed by atoms with Crippen molar-refractivity contribution in [3.8, 4) is 0 Å². The molecule has 2 saturated heterocycles. The summed E-state index contributed by atoms with van der Waals surface area (Å²) in [6, 6.07) is 20.2.